The first-order valence-electron chi connectivity index (χ1n) is 6.59. The van der Waals surface area contributed by atoms with Gasteiger partial charge in [0, 0.05) is 10.9 Å². The molecule has 2 aromatic heterocycles. The van der Waals surface area contributed by atoms with E-state index in [4.69, 9.17) is 4.42 Å². The second-order valence-corrected chi connectivity index (χ2v) is 5.55. The van der Waals surface area contributed by atoms with Crippen LogP contribution in [0.25, 0.3) is 11.3 Å². The average Bonchev–Trinajstić information content (AvgIpc) is 3.17. The first kappa shape index (κ1) is 13.6. The second-order valence-electron chi connectivity index (χ2n) is 4.69. The van der Waals surface area contributed by atoms with Crippen LogP contribution in [-0.2, 0) is 0 Å². The standard InChI is InChI=1S/C16H15N3OS/c1-11-5-7-13(8-6-11)14-10-21-16(17-14)19-18-12(2)15-4-3-9-20-15/h3-10H,1-2H3,(H,17,19)/b18-12+. The molecular formula is C16H15N3OS. The van der Waals surface area contributed by atoms with Crippen LogP contribution in [0.5, 0.6) is 0 Å². The molecule has 4 nitrogen and oxygen atoms in total. The number of furan rings is 1. The summed E-state index contributed by atoms with van der Waals surface area (Å²) in [4.78, 5) is 4.53. The van der Waals surface area contributed by atoms with Gasteiger partial charge in [0.1, 0.15) is 11.5 Å². The molecule has 21 heavy (non-hydrogen) atoms. The molecule has 0 bridgehead atoms. The van der Waals surface area contributed by atoms with Crippen LogP contribution < -0.4 is 5.43 Å². The molecule has 0 aliphatic rings. The summed E-state index contributed by atoms with van der Waals surface area (Å²) in [5.41, 5.74) is 7.06. The van der Waals surface area contributed by atoms with E-state index in [1.54, 1.807) is 6.26 Å². The van der Waals surface area contributed by atoms with Crippen molar-refractivity contribution < 1.29 is 4.42 Å². The van der Waals surface area contributed by atoms with Crippen LogP contribution in [0.15, 0.2) is 57.6 Å². The average molecular weight is 297 g/mol. The quantitative estimate of drug-likeness (QED) is 0.568. The van der Waals surface area contributed by atoms with Crippen molar-refractivity contribution in [2.75, 3.05) is 5.43 Å². The summed E-state index contributed by atoms with van der Waals surface area (Å²) in [6.07, 6.45) is 1.63. The van der Waals surface area contributed by atoms with Crippen LogP contribution in [0.1, 0.15) is 18.2 Å². The molecule has 3 aromatic rings. The highest BCUT2D eigenvalue weighted by atomic mass is 32.1. The summed E-state index contributed by atoms with van der Waals surface area (Å²) in [7, 11) is 0. The number of hydrogen-bond acceptors (Lipinski definition) is 5. The Balaban J connectivity index is 1.73. The van der Waals surface area contributed by atoms with E-state index in [-0.39, 0.29) is 0 Å². The van der Waals surface area contributed by atoms with E-state index in [9.17, 15) is 0 Å². The van der Waals surface area contributed by atoms with E-state index in [1.807, 2.05) is 24.4 Å². The molecular weight excluding hydrogens is 282 g/mol. The largest absolute Gasteiger partial charge is 0.463 e. The van der Waals surface area contributed by atoms with E-state index < -0.39 is 0 Å². The lowest BCUT2D eigenvalue weighted by Crippen LogP contribution is -1.97. The van der Waals surface area contributed by atoms with Crippen LogP contribution in [0.4, 0.5) is 5.13 Å². The highest BCUT2D eigenvalue weighted by Gasteiger charge is 2.05. The third kappa shape index (κ3) is 3.20. The highest BCUT2D eigenvalue weighted by molar-refractivity contribution is 7.14. The smallest absolute Gasteiger partial charge is 0.203 e. The van der Waals surface area contributed by atoms with Gasteiger partial charge in [0.15, 0.2) is 0 Å². The van der Waals surface area contributed by atoms with Crippen molar-refractivity contribution in [1.82, 2.24) is 4.98 Å². The van der Waals surface area contributed by atoms with Crippen molar-refractivity contribution in [3.63, 3.8) is 0 Å². The van der Waals surface area contributed by atoms with E-state index in [0.29, 0.717) is 0 Å². The third-order valence-electron chi connectivity index (χ3n) is 3.05. The summed E-state index contributed by atoms with van der Waals surface area (Å²) in [5, 5.41) is 7.06. The number of hydrazone groups is 1. The van der Waals surface area contributed by atoms with Gasteiger partial charge in [0.2, 0.25) is 5.13 Å². The molecule has 0 radical (unpaired) electrons. The fourth-order valence-corrected chi connectivity index (χ4v) is 2.51. The number of aryl methyl sites for hydroxylation is 1. The molecule has 0 spiro atoms. The van der Waals surface area contributed by atoms with Crippen LogP contribution in [0.2, 0.25) is 0 Å². The van der Waals surface area contributed by atoms with Gasteiger partial charge >= 0.3 is 0 Å². The molecule has 0 unspecified atom stereocenters. The van der Waals surface area contributed by atoms with Crippen molar-refractivity contribution in [1.29, 1.82) is 0 Å². The zero-order chi connectivity index (χ0) is 14.7. The number of aromatic nitrogens is 1. The molecule has 1 aromatic carbocycles. The number of rotatable bonds is 4. The Bertz CT molecular complexity index is 742. The predicted octanol–water partition coefficient (Wildman–Crippen LogP) is 4.55. The van der Waals surface area contributed by atoms with Gasteiger partial charge in [-0.1, -0.05) is 29.8 Å². The summed E-state index contributed by atoms with van der Waals surface area (Å²) in [5.74, 6) is 0.748. The summed E-state index contributed by atoms with van der Waals surface area (Å²) < 4.78 is 5.28. The number of nitrogens with one attached hydrogen (secondary N) is 1. The van der Waals surface area contributed by atoms with Crippen molar-refractivity contribution in [3.8, 4) is 11.3 Å². The molecule has 0 amide bonds. The van der Waals surface area contributed by atoms with E-state index >= 15 is 0 Å². The van der Waals surface area contributed by atoms with E-state index in [0.717, 1.165) is 27.9 Å². The molecule has 106 valence electrons. The molecule has 1 N–H and O–H groups in total. The summed E-state index contributed by atoms with van der Waals surface area (Å²) in [6.45, 7) is 3.96. The molecule has 0 aliphatic carbocycles. The minimum absolute atomic E-state index is 0.748. The van der Waals surface area contributed by atoms with Gasteiger partial charge in [0.25, 0.3) is 0 Å². The zero-order valence-corrected chi connectivity index (χ0v) is 12.6. The monoisotopic (exact) mass is 297 g/mol. The van der Waals surface area contributed by atoms with E-state index in [2.05, 4.69) is 46.7 Å². The minimum atomic E-state index is 0.748. The maximum atomic E-state index is 5.28. The SMILES string of the molecule is C/C(=N\Nc1nc(-c2ccc(C)cc2)cs1)c1ccco1. The molecule has 0 saturated heterocycles. The minimum Gasteiger partial charge on any atom is -0.463 e. The molecule has 0 saturated carbocycles. The van der Waals surface area contributed by atoms with Crippen molar-refractivity contribution in [3.05, 3.63) is 59.4 Å². The Morgan fingerprint density at radius 2 is 2.05 bits per heavy atom. The van der Waals surface area contributed by atoms with Gasteiger partial charge in [0.05, 0.1) is 12.0 Å². The lowest BCUT2D eigenvalue weighted by Gasteiger charge is -1.98. The van der Waals surface area contributed by atoms with Gasteiger partial charge in [-0.3, -0.25) is 5.43 Å². The molecule has 2 heterocycles. The summed E-state index contributed by atoms with van der Waals surface area (Å²) >= 11 is 1.53. The number of hydrogen-bond donors (Lipinski definition) is 1. The number of benzene rings is 1. The predicted molar refractivity (Wildman–Crippen MR) is 86.8 cm³/mol. The normalized spacial score (nSPS) is 11.6. The Labute approximate surface area is 127 Å². The topological polar surface area (TPSA) is 50.4 Å². The molecule has 3 rings (SSSR count). The first-order chi connectivity index (χ1) is 10.2. The van der Waals surface area contributed by atoms with Crippen molar-refractivity contribution in [2.45, 2.75) is 13.8 Å². The van der Waals surface area contributed by atoms with Crippen LogP contribution in [0, 0.1) is 6.92 Å². The molecule has 0 aliphatic heterocycles. The van der Waals surface area contributed by atoms with Gasteiger partial charge in [-0.2, -0.15) is 5.10 Å². The van der Waals surface area contributed by atoms with Crippen LogP contribution >= 0.6 is 11.3 Å². The number of nitrogens with zero attached hydrogens (tertiary/aromatic N) is 2. The number of anilines is 1. The molecule has 0 atom stereocenters. The number of thiazole rings is 1. The first-order valence-corrected chi connectivity index (χ1v) is 7.47. The lowest BCUT2D eigenvalue weighted by atomic mass is 10.1. The maximum absolute atomic E-state index is 5.28. The zero-order valence-electron chi connectivity index (χ0n) is 11.8. The highest BCUT2D eigenvalue weighted by Crippen LogP contribution is 2.25. The Hall–Kier alpha value is -2.40. The van der Waals surface area contributed by atoms with Gasteiger partial charge < -0.3 is 4.42 Å². The third-order valence-corrected chi connectivity index (χ3v) is 3.80. The Morgan fingerprint density at radius 3 is 2.76 bits per heavy atom. The Kier molecular flexibility index (Phi) is 3.83. The fourth-order valence-electron chi connectivity index (χ4n) is 1.85. The van der Waals surface area contributed by atoms with Gasteiger partial charge in [-0.15, -0.1) is 11.3 Å². The summed E-state index contributed by atoms with van der Waals surface area (Å²) in [6, 6.07) is 12.0. The van der Waals surface area contributed by atoms with E-state index in [1.165, 1.54) is 16.9 Å². The van der Waals surface area contributed by atoms with Crippen LogP contribution in [-0.4, -0.2) is 10.7 Å². The maximum Gasteiger partial charge on any atom is 0.203 e. The van der Waals surface area contributed by atoms with Crippen molar-refractivity contribution >= 4 is 22.2 Å². The van der Waals surface area contributed by atoms with Crippen molar-refractivity contribution in [2.24, 2.45) is 5.10 Å². The fraction of sp³-hybridized carbons (Fsp3) is 0.125. The van der Waals surface area contributed by atoms with Crippen LogP contribution in [0.3, 0.4) is 0 Å². The second kappa shape index (κ2) is 5.93. The van der Waals surface area contributed by atoms with Gasteiger partial charge in [-0.25, -0.2) is 4.98 Å². The molecule has 0 fully saturated rings. The van der Waals surface area contributed by atoms with Gasteiger partial charge in [-0.05, 0) is 26.0 Å². The molecule has 5 heteroatoms. The lowest BCUT2D eigenvalue weighted by molar-refractivity contribution is 0.557. The Morgan fingerprint density at radius 1 is 1.24 bits per heavy atom.